The van der Waals surface area contributed by atoms with Gasteiger partial charge in [0.1, 0.15) is 0 Å². The molecule has 1 aromatic carbocycles. The van der Waals surface area contributed by atoms with Crippen LogP contribution in [0, 0.1) is 0 Å². The van der Waals surface area contributed by atoms with Crippen LogP contribution in [-0.4, -0.2) is 41.2 Å². The second-order valence-electron chi connectivity index (χ2n) is 5.58. The van der Waals surface area contributed by atoms with Crippen molar-refractivity contribution in [3.05, 3.63) is 29.8 Å². The highest BCUT2D eigenvalue weighted by Gasteiger charge is 2.18. The van der Waals surface area contributed by atoms with Crippen LogP contribution in [0.15, 0.2) is 24.3 Å². The summed E-state index contributed by atoms with van der Waals surface area (Å²) < 4.78 is 0. The highest BCUT2D eigenvalue weighted by molar-refractivity contribution is 7.99. The van der Waals surface area contributed by atoms with E-state index < -0.39 is 0 Å². The van der Waals surface area contributed by atoms with E-state index in [1.807, 2.05) is 44.4 Å². The van der Waals surface area contributed by atoms with Gasteiger partial charge in [-0.25, -0.2) is 0 Å². The molecule has 0 saturated carbocycles. The zero-order chi connectivity index (χ0) is 16.5. The maximum Gasteiger partial charge on any atom is 0.225 e. The number of nitrogens with one attached hydrogen (secondary N) is 2. The van der Waals surface area contributed by atoms with Crippen molar-refractivity contribution in [1.29, 1.82) is 0 Å². The van der Waals surface area contributed by atoms with Crippen LogP contribution in [-0.2, 0) is 11.2 Å². The molecule has 0 spiro atoms. The zero-order valence-electron chi connectivity index (χ0n) is 13.9. The maximum atomic E-state index is 12.2. The fourth-order valence-corrected chi connectivity index (χ4v) is 3.12. The Hall–Kier alpha value is -1.04. The fourth-order valence-electron chi connectivity index (χ4n) is 2.48. The van der Waals surface area contributed by atoms with Crippen molar-refractivity contribution in [2.75, 3.05) is 18.2 Å². The minimum absolute atomic E-state index is 0.0119. The molecule has 124 valence electrons. The van der Waals surface area contributed by atoms with Crippen LogP contribution in [0.1, 0.15) is 32.8 Å². The summed E-state index contributed by atoms with van der Waals surface area (Å²) in [5, 5.41) is 15.8. The summed E-state index contributed by atoms with van der Waals surface area (Å²) in [6.07, 6.45) is 3.29. The Morgan fingerprint density at radius 2 is 2.00 bits per heavy atom. The van der Waals surface area contributed by atoms with Crippen LogP contribution < -0.4 is 10.6 Å². The number of amides is 1. The third-order valence-corrected chi connectivity index (χ3v) is 4.91. The van der Waals surface area contributed by atoms with E-state index in [1.54, 1.807) is 11.8 Å². The number of aryl methyl sites for hydroxylation is 1. The number of carbonyl (C=O) groups is 1. The highest BCUT2D eigenvalue weighted by atomic mass is 32.2. The van der Waals surface area contributed by atoms with E-state index in [4.69, 9.17) is 0 Å². The van der Waals surface area contributed by atoms with Crippen molar-refractivity contribution in [1.82, 2.24) is 5.32 Å². The van der Waals surface area contributed by atoms with Crippen LogP contribution >= 0.6 is 11.8 Å². The average Bonchev–Trinajstić information content (AvgIpc) is 2.48. The third-order valence-electron chi connectivity index (χ3n) is 3.75. The van der Waals surface area contributed by atoms with Crippen LogP contribution in [0.4, 0.5) is 5.69 Å². The van der Waals surface area contributed by atoms with E-state index >= 15 is 0 Å². The van der Waals surface area contributed by atoms with Gasteiger partial charge in [-0.05, 0) is 38.2 Å². The lowest BCUT2D eigenvalue weighted by Gasteiger charge is -2.25. The Bertz CT molecular complexity index is 464. The molecular formula is C17H28N2O2S. The topological polar surface area (TPSA) is 61.4 Å². The Kier molecular flexibility index (Phi) is 8.53. The number of carbonyl (C=O) groups excluding carboxylic acids is 1. The van der Waals surface area contributed by atoms with Gasteiger partial charge < -0.3 is 15.7 Å². The molecule has 3 unspecified atom stereocenters. The lowest BCUT2D eigenvalue weighted by Crippen LogP contribution is -2.43. The predicted molar refractivity (Wildman–Crippen MR) is 95.5 cm³/mol. The van der Waals surface area contributed by atoms with Gasteiger partial charge in [0, 0.05) is 29.4 Å². The van der Waals surface area contributed by atoms with Crippen LogP contribution in [0.25, 0.3) is 0 Å². The van der Waals surface area contributed by atoms with E-state index in [-0.39, 0.29) is 29.8 Å². The van der Waals surface area contributed by atoms with Gasteiger partial charge >= 0.3 is 0 Å². The molecule has 5 heteroatoms. The molecule has 0 bridgehead atoms. The molecule has 3 atom stereocenters. The van der Waals surface area contributed by atoms with Crippen LogP contribution in [0.5, 0.6) is 0 Å². The lowest BCUT2D eigenvalue weighted by molar-refractivity contribution is -0.116. The van der Waals surface area contributed by atoms with Gasteiger partial charge in [-0.1, -0.05) is 25.1 Å². The zero-order valence-corrected chi connectivity index (χ0v) is 14.7. The van der Waals surface area contributed by atoms with Gasteiger partial charge in [0.15, 0.2) is 0 Å². The first-order valence-electron chi connectivity index (χ1n) is 7.79. The van der Waals surface area contributed by atoms with E-state index in [2.05, 4.69) is 17.6 Å². The molecule has 0 fully saturated rings. The summed E-state index contributed by atoms with van der Waals surface area (Å²) in [5.74, 6) is 0.0119. The summed E-state index contributed by atoms with van der Waals surface area (Å²) >= 11 is 1.63. The fraction of sp³-hybridized carbons (Fsp3) is 0.588. The molecule has 4 nitrogen and oxygen atoms in total. The number of benzene rings is 1. The van der Waals surface area contributed by atoms with Crippen molar-refractivity contribution in [2.24, 2.45) is 0 Å². The molecular weight excluding hydrogens is 296 g/mol. The molecule has 3 N–H and O–H groups in total. The summed E-state index contributed by atoms with van der Waals surface area (Å²) in [5.41, 5.74) is 2.04. The maximum absolute atomic E-state index is 12.2. The van der Waals surface area contributed by atoms with E-state index in [9.17, 15) is 9.90 Å². The molecule has 0 aliphatic carbocycles. The van der Waals surface area contributed by atoms with Gasteiger partial charge in [0.05, 0.1) is 6.61 Å². The second kappa shape index (κ2) is 9.87. The lowest BCUT2D eigenvalue weighted by atomic mass is 10.1. The SMILES string of the molecule is CCc1ccccc1NC(=O)CC(C)NC(C)C(CO)SC. The van der Waals surface area contributed by atoms with Gasteiger partial charge in [0.2, 0.25) is 5.91 Å². The van der Waals surface area contributed by atoms with Crippen LogP contribution in [0.3, 0.4) is 0 Å². The number of rotatable bonds is 9. The number of anilines is 1. The number of para-hydroxylation sites is 1. The van der Waals surface area contributed by atoms with E-state index in [0.29, 0.717) is 6.42 Å². The first-order chi connectivity index (χ1) is 10.5. The normalized spacial score (nSPS) is 15.1. The first kappa shape index (κ1) is 19.0. The number of hydrogen-bond acceptors (Lipinski definition) is 4. The molecule has 0 aromatic heterocycles. The summed E-state index contributed by atoms with van der Waals surface area (Å²) in [4.78, 5) is 12.2. The largest absolute Gasteiger partial charge is 0.395 e. The number of hydrogen-bond donors (Lipinski definition) is 3. The Morgan fingerprint density at radius 3 is 2.59 bits per heavy atom. The standard InChI is InChI=1S/C17H28N2O2S/c1-5-14-8-6-7-9-15(14)19-17(21)10-12(2)18-13(3)16(11-20)22-4/h6-9,12-13,16,18,20H,5,10-11H2,1-4H3,(H,19,21). The first-order valence-corrected chi connectivity index (χ1v) is 9.08. The smallest absolute Gasteiger partial charge is 0.225 e. The van der Waals surface area contributed by atoms with Crippen LogP contribution in [0.2, 0.25) is 0 Å². The van der Waals surface area contributed by atoms with Crippen molar-refractivity contribution in [2.45, 2.75) is 50.9 Å². The van der Waals surface area contributed by atoms with E-state index in [0.717, 1.165) is 17.7 Å². The Morgan fingerprint density at radius 1 is 1.32 bits per heavy atom. The summed E-state index contributed by atoms with van der Waals surface area (Å²) in [7, 11) is 0. The van der Waals surface area contributed by atoms with Gasteiger partial charge in [-0.15, -0.1) is 0 Å². The predicted octanol–water partition coefficient (Wildman–Crippen LogP) is 2.67. The third kappa shape index (κ3) is 5.99. The molecule has 1 amide bonds. The van der Waals surface area contributed by atoms with Crippen molar-refractivity contribution < 1.29 is 9.90 Å². The monoisotopic (exact) mass is 324 g/mol. The Balaban J connectivity index is 2.50. The Labute approximate surface area is 138 Å². The average molecular weight is 324 g/mol. The van der Waals surface area contributed by atoms with Gasteiger partial charge in [-0.3, -0.25) is 4.79 Å². The van der Waals surface area contributed by atoms with Crippen molar-refractivity contribution in [3.8, 4) is 0 Å². The number of thioether (sulfide) groups is 1. The van der Waals surface area contributed by atoms with Crippen molar-refractivity contribution >= 4 is 23.4 Å². The number of aliphatic hydroxyl groups excluding tert-OH is 1. The molecule has 0 saturated heterocycles. The molecule has 0 aliphatic heterocycles. The summed E-state index contributed by atoms with van der Waals surface area (Å²) in [6, 6.07) is 8.10. The van der Waals surface area contributed by atoms with Gasteiger partial charge in [-0.2, -0.15) is 11.8 Å². The molecule has 0 heterocycles. The molecule has 1 aromatic rings. The highest BCUT2D eigenvalue weighted by Crippen LogP contribution is 2.16. The molecule has 1 rings (SSSR count). The minimum atomic E-state index is 0.0119. The van der Waals surface area contributed by atoms with Crippen molar-refractivity contribution in [3.63, 3.8) is 0 Å². The van der Waals surface area contributed by atoms with Gasteiger partial charge in [0.25, 0.3) is 0 Å². The van der Waals surface area contributed by atoms with E-state index in [1.165, 1.54) is 0 Å². The second-order valence-corrected chi connectivity index (χ2v) is 6.65. The molecule has 0 aliphatic rings. The minimum Gasteiger partial charge on any atom is -0.395 e. The molecule has 22 heavy (non-hydrogen) atoms. The molecule has 0 radical (unpaired) electrons. The number of aliphatic hydroxyl groups is 1. The summed E-state index contributed by atoms with van der Waals surface area (Å²) in [6.45, 7) is 6.25. The quantitative estimate of drug-likeness (QED) is 0.653.